The molecule has 0 aromatic heterocycles. The minimum absolute atomic E-state index is 0.0272. The van der Waals surface area contributed by atoms with E-state index in [1.165, 1.54) is 117 Å². The van der Waals surface area contributed by atoms with Gasteiger partial charge in [-0.15, -0.1) is 0 Å². The SMILES string of the molecule is CNC(C)c1c2cccc1-c1cc(-c3cc(C(C)(C)C)cc(C(C)(C)C)c3)cc(c1)-c1cc(C(C)(C)C)cc(c1)C(C)(C)C(C)(C)c1cc(cc(C(C)(C)C)c1)-c1cc(-c3cc(C(C)(C)C)cc(C(C)(C)C)c3)cc-2c1. The fourth-order valence-electron chi connectivity index (χ4n) is 11.1. The fraction of sp³-hybridized carbons (Fsp3) is 0.440. The molecule has 10 bridgehead atoms. The first-order valence-corrected chi connectivity index (χ1v) is 28.5. The number of fused-ring (bicyclic) bond motifs is 14. The van der Waals surface area contributed by atoms with Crippen LogP contribution >= 0.6 is 0 Å². The second-order valence-corrected chi connectivity index (χ2v) is 30.3. The van der Waals surface area contributed by atoms with E-state index in [0.29, 0.717) is 0 Å². The van der Waals surface area contributed by atoms with Crippen LogP contribution in [0.4, 0.5) is 0 Å². The first kappa shape index (κ1) is 56.7. The van der Waals surface area contributed by atoms with Gasteiger partial charge in [0.15, 0.2) is 0 Å². The number of nitrogens with one attached hydrogen (secondary N) is 1. The molecule has 0 amide bonds. The maximum atomic E-state index is 3.77. The predicted octanol–water partition coefficient (Wildman–Crippen LogP) is 21.3. The largest absolute Gasteiger partial charge is 0.313 e. The van der Waals surface area contributed by atoms with Gasteiger partial charge in [-0.05, 0) is 211 Å². The van der Waals surface area contributed by atoms with Crippen molar-refractivity contribution in [2.75, 3.05) is 7.05 Å². The molecule has 0 spiro atoms. The first-order valence-electron chi connectivity index (χ1n) is 28.5. The van der Waals surface area contributed by atoms with Gasteiger partial charge < -0.3 is 5.32 Å². The summed E-state index contributed by atoms with van der Waals surface area (Å²) in [7, 11) is 2.12. The van der Waals surface area contributed by atoms with Crippen molar-refractivity contribution in [2.24, 2.45) is 0 Å². The second-order valence-electron chi connectivity index (χ2n) is 30.3. The van der Waals surface area contributed by atoms with Crippen LogP contribution < -0.4 is 5.32 Å². The molecule has 1 nitrogen and oxygen atoms in total. The number of benzene rings is 7. The molecule has 7 aromatic rings. The van der Waals surface area contributed by atoms with E-state index in [1.54, 1.807) is 0 Å². The summed E-state index contributed by atoms with van der Waals surface area (Å²) in [6.07, 6.45) is 0. The molecule has 1 unspecified atom stereocenters. The summed E-state index contributed by atoms with van der Waals surface area (Å²) < 4.78 is 0. The summed E-state index contributed by atoms with van der Waals surface area (Å²) in [6.45, 7) is 54.8. The normalized spacial score (nSPS) is 15.3. The van der Waals surface area contributed by atoms with Crippen LogP contribution in [0.5, 0.6) is 0 Å². The van der Waals surface area contributed by atoms with E-state index in [4.69, 9.17) is 0 Å². The molecule has 0 fully saturated rings. The van der Waals surface area contributed by atoms with Crippen LogP contribution in [0.2, 0.25) is 0 Å². The highest BCUT2D eigenvalue weighted by molar-refractivity contribution is 5.89. The molecular weight excluding hydrogens is 915 g/mol. The smallest absolute Gasteiger partial charge is 0.0301 e. The quantitative estimate of drug-likeness (QED) is 0.185. The molecule has 8 rings (SSSR count). The van der Waals surface area contributed by atoms with Gasteiger partial charge in [-0.2, -0.15) is 0 Å². The van der Waals surface area contributed by atoms with Crippen LogP contribution in [0.3, 0.4) is 0 Å². The zero-order valence-electron chi connectivity index (χ0n) is 51.7. The van der Waals surface area contributed by atoms with Crippen LogP contribution in [0.25, 0.3) is 66.8 Å². The highest BCUT2D eigenvalue weighted by Crippen LogP contribution is 2.50. The van der Waals surface area contributed by atoms with E-state index < -0.39 is 0 Å². The lowest BCUT2D eigenvalue weighted by atomic mass is 9.59. The average Bonchev–Trinajstić information content (AvgIpc) is 3.33. The monoisotopic (exact) mass is 1010 g/mol. The van der Waals surface area contributed by atoms with Gasteiger partial charge in [-0.1, -0.05) is 243 Å². The minimum atomic E-state index is -0.292. The second kappa shape index (κ2) is 19.1. The summed E-state index contributed by atoms with van der Waals surface area (Å²) in [5.41, 5.74) is 26.2. The van der Waals surface area contributed by atoms with Crippen LogP contribution in [-0.4, -0.2) is 7.05 Å². The van der Waals surface area contributed by atoms with E-state index in [1.807, 2.05) is 0 Å². The standard InChI is InChI=1S/C75H95N/c1-46(76-24)67-65-26-25-27-66(67)56-31-48(52-36-59(70(8,9)10)43-60(37-52)71(11,12)13)29-50(33-56)54-39-62(73(17,18)19)45-64(41-54)75(22,23)74(20,21)63-40-53(38-61(44-63)72(14,15)16)49-28-47(30-55(65)32-49)51-34-57(68(2,3)4)42-58(35-51)69(5,6)7/h25-46,76H,1-24H3. The van der Waals surface area contributed by atoms with Crippen molar-refractivity contribution in [3.63, 3.8) is 0 Å². The first-order chi connectivity index (χ1) is 34.8. The molecule has 7 aromatic carbocycles. The summed E-state index contributed by atoms with van der Waals surface area (Å²) >= 11 is 0. The van der Waals surface area contributed by atoms with Crippen LogP contribution in [0, 0.1) is 0 Å². The number of rotatable bonds is 4. The van der Waals surface area contributed by atoms with E-state index >= 15 is 0 Å². The van der Waals surface area contributed by atoms with Gasteiger partial charge >= 0.3 is 0 Å². The summed E-state index contributed by atoms with van der Waals surface area (Å²) in [4.78, 5) is 0. The van der Waals surface area contributed by atoms with Crippen molar-refractivity contribution in [2.45, 2.75) is 209 Å². The molecule has 1 atom stereocenters. The molecule has 1 aliphatic carbocycles. The molecule has 400 valence electrons. The van der Waals surface area contributed by atoms with Crippen molar-refractivity contribution < 1.29 is 0 Å². The Kier molecular flexibility index (Phi) is 14.3. The molecule has 1 aliphatic rings. The van der Waals surface area contributed by atoms with Gasteiger partial charge in [0.25, 0.3) is 0 Å². The number of hydrogen-bond acceptors (Lipinski definition) is 1. The predicted molar refractivity (Wildman–Crippen MR) is 335 cm³/mol. The van der Waals surface area contributed by atoms with Gasteiger partial charge in [-0.3, -0.25) is 0 Å². The van der Waals surface area contributed by atoms with Gasteiger partial charge in [0.2, 0.25) is 0 Å². The van der Waals surface area contributed by atoms with Gasteiger partial charge in [0, 0.05) is 6.04 Å². The van der Waals surface area contributed by atoms with E-state index in [0.717, 1.165) is 0 Å². The molecule has 1 N–H and O–H groups in total. The Balaban J connectivity index is 1.59. The molecule has 76 heavy (non-hydrogen) atoms. The van der Waals surface area contributed by atoms with Crippen molar-refractivity contribution in [1.82, 2.24) is 5.32 Å². The lowest BCUT2D eigenvalue weighted by molar-refractivity contribution is 0.302. The van der Waals surface area contributed by atoms with Crippen LogP contribution in [0.1, 0.15) is 215 Å². The van der Waals surface area contributed by atoms with Gasteiger partial charge in [-0.25, -0.2) is 0 Å². The van der Waals surface area contributed by atoms with Crippen LogP contribution in [-0.2, 0) is 43.3 Å². The zero-order chi connectivity index (χ0) is 56.3. The summed E-state index contributed by atoms with van der Waals surface area (Å²) in [5.74, 6) is 0. The molecule has 0 saturated carbocycles. The third-order valence-electron chi connectivity index (χ3n) is 17.7. The Hall–Kier alpha value is -5.50. The molecule has 0 radical (unpaired) electrons. The average molecular weight is 1010 g/mol. The van der Waals surface area contributed by atoms with E-state index in [-0.39, 0.29) is 49.4 Å². The number of hydrogen-bond donors (Lipinski definition) is 1. The topological polar surface area (TPSA) is 12.0 Å². The van der Waals surface area contributed by atoms with Crippen molar-refractivity contribution in [3.05, 3.63) is 177 Å². The maximum Gasteiger partial charge on any atom is 0.0301 e. The Bertz CT molecular complexity index is 3060. The summed E-state index contributed by atoms with van der Waals surface area (Å²) in [5, 5.41) is 3.77. The Morgan fingerprint density at radius 1 is 0.303 bits per heavy atom. The molecule has 0 saturated heterocycles. The van der Waals surface area contributed by atoms with Crippen molar-refractivity contribution in [3.8, 4) is 66.8 Å². The van der Waals surface area contributed by atoms with Crippen molar-refractivity contribution in [1.29, 1.82) is 0 Å². The third kappa shape index (κ3) is 11.1. The van der Waals surface area contributed by atoms with Gasteiger partial charge in [0.05, 0.1) is 0 Å². The van der Waals surface area contributed by atoms with E-state index in [9.17, 15) is 0 Å². The lowest BCUT2D eigenvalue weighted by Gasteiger charge is -2.44. The highest BCUT2D eigenvalue weighted by atomic mass is 14.9. The molecular formula is C75H95N. The highest BCUT2D eigenvalue weighted by Gasteiger charge is 2.41. The molecule has 0 heterocycles. The molecule has 1 heteroatoms. The summed E-state index contributed by atoms with van der Waals surface area (Å²) in [6, 6.07) is 52.0. The minimum Gasteiger partial charge on any atom is -0.313 e. The van der Waals surface area contributed by atoms with Crippen LogP contribution in [0.15, 0.2) is 127 Å². The Morgan fingerprint density at radius 2 is 0.526 bits per heavy atom. The Morgan fingerprint density at radius 3 is 0.776 bits per heavy atom. The Labute approximate surface area is 462 Å². The van der Waals surface area contributed by atoms with Crippen molar-refractivity contribution >= 4 is 0 Å². The van der Waals surface area contributed by atoms with E-state index in [2.05, 4.69) is 299 Å². The fourth-order valence-corrected chi connectivity index (χ4v) is 11.1. The lowest BCUT2D eigenvalue weighted by Crippen LogP contribution is -2.41. The zero-order valence-corrected chi connectivity index (χ0v) is 51.7. The third-order valence-corrected chi connectivity index (χ3v) is 17.7. The maximum absolute atomic E-state index is 3.77. The molecule has 0 aliphatic heterocycles. The van der Waals surface area contributed by atoms with Gasteiger partial charge in [0.1, 0.15) is 0 Å².